The predicted octanol–water partition coefficient (Wildman–Crippen LogP) is 2.82. The van der Waals surface area contributed by atoms with Crippen LogP contribution >= 0.6 is 0 Å². The number of para-hydroxylation sites is 1. The molecule has 3 aromatic rings. The fourth-order valence-electron chi connectivity index (χ4n) is 1.96. The molecule has 0 amide bonds. The number of rotatable bonds is 5. The maximum absolute atomic E-state index is 5.74. The number of nitrogen functional groups attached to an aromatic ring is 1. The smallest absolute Gasteiger partial charge is 0.231 e. The van der Waals surface area contributed by atoms with Gasteiger partial charge < -0.3 is 15.0 Å². The average Bonchev–Trinajstić information content (AvgIpc) is 2.94. The van der Waals surface area contributed by atoms with Crippen LogP contribution in [0.3, 0.4) is 0 Å². The first kappa shape index (κ1) is 13.2. The molecule has 0 aliphatic heterocycles. The molecule has 1 heterocycles. The molecule has 0 radical (unpaired) electrons. The third kappa shape index (κ3) is 3.60. The van der Waals surface area contributed by atoms with Crippen molar-refractivity contribution in [2.75, 3.05) is 5.73 Å². The van der Waals surface area contributed by atoms with Crippen LogP contribution in [0.5, 0.6) is 5.75 Å². The molecule has 5 nitrogen and oxygen atoms in total. The van der Waals surface area contributed by atoms with E-state index in [2.05, 4.69) is 10.1 Å². The molecule has 0 bridgehead atoms. The third-order valence-corrected chi connectivity index (χ3v) is 2.93. The Morgan fingerprint density at radius 1 is 1.05 bits per heavy atom. The Bertz CT molecular complexity index is 710. The lowest BCUT2D eigenvalue weighted by molar-refractivity contribution is 0.285. The van der Waals surface area contributed by atoms with E-state index in [1.807, 2.05) is 54.6 Å². The molecule has 0 aliphatic carbocycles. The van der Waals surface area contributed by atoms with Crippen molar-refractivity contribution >= 4 is 5.69 Å². The molecule has 5 heteroatoms. The molecule has 106 valence electrons. The summed E-state index contributed by atoms with van der Waals surface area (Å²) in [5.74, 6) is 1.85. The Morgan fingerprint density at radius 3 is 2.71 bits per heavy atom. The van der Waals surface area contributed by atoms with Crippen molar-refractivity contribution < 1.29 is 9.26 Å². The SMILES string of the molecule is Nc1cccc(Cc2nc(COc3ccccc3)no2)c1. The zero-order valence-corrected chi connectivity index (χ0v) is 11.4. The Balaban J connectivity index is 1.61. The van der Waals surface area contributed by atoms with Crippen molar-refractivity contribution in [2.24, 2.45) is 0 Å². The van der Waals surface area contributed by atoms with E-state index in [-0.39, 0.29) is 6.61 Å². The van der Waals surface area contributed by atoms with E-state index < -0.39 is 0 Å². The molecule has 2 aromatic carbocycles. The van der Waals surface area contributed by atoms with Crippen molar-refractivity contribution in [3.63, 3.8) is 0 Å². The van der Waals surface area contributed by atoms with E-state index in [1.54, 1.807) is 0 Å². The zero-order valence-electron chi connectivity index (χ0n) is 11.4. The van der Waals surface area contributed by atoms with Gasteiger partial charge in [0.2, 0.25) is 11.7 Å². The standard InChI is InChI=1S/C16H15N3O2/c17-13-6-4-5-12(9-13)10-16-18-15(19-21-16)11-20-14-7-2-1-3-8-14/h1-9H,10-11,17H2. The van der Waals surface area contributed by atoms with Gasteiger partial charge in [0.25, 0.3) is 0 Å². The average molecular weight is 281 g/mol. The molecule has 0 saturated heterocycles. The predicted molar refractivity (Wildman–Crippen MR) is 78.7 cm³/mol. The number of nitrogens with two attached hydrogens (primary N) is 1. The van der Waals surface area contributed by atoms with Gasteiger partial charge in [-0.15, -0.1) is 0 Å². The van der Waals surface area contributed by atoms with Crippen LogP contribution < -0.4 is 10.5 Å². The van der Waals surface area contributed by atoms with Crippen molar-refractivity contribution in [3.05, 3.63) is 71.9 Å². The highest BCUT2D eigenvalue weighted by atomic mass is 16.5. The van der Waals surface area contributed by atoms with Gasteiger partial charge in [0, 0.05) is 5.69 Å². The Kier molecular flexibility index (Phi) is 3.82. The molecule has 0 saturated carbocycles. The second-order valence-electron chi connectivity index (χ2n) is 4.63. The maximum Gasteiger partial charge on any atom is 0.231 e. The van der Waals surface area contributed by atoms with Crippen molar-refractivity contribution in [1.29, 1.82) is 0 Å². The van der Waals surface area contributed by atoms with Gasteiger partial charge in [-0.1, -0.05) is 35.5 Å². The fourth-order valence-corrected chi connectivity index (χ4v) is 1.96. The lowest BCUT2D eigenvalue weighted by atomic mass is 10.1. The summed E-state index contributed by atoms with van der Waals surface area (Å²) in [6, 6.07) is 17.1. The molecule has 0 unspecified atom stereocenters. The summed E-state index contributed by atoms with van der Waals surface area (Å²) in [7, 11) is 0. The largest absolute Gasteiger partial charge is 0.485 e. The summed E-state index contributed by atoms with van der Waals surface area (Å²) >= 11 is 0. The van der Waals surface area contributed by atoms with Gasteiger partial charge in [-0.05, 0) is 29.8 Å². The van der Waals surface area contributed by atoms with E-state index in [0.717, 1.165) is 17.0 Å². The van der Waals surface area contributed by atoms with E-state index in [4.69, 9.17) is 15.0 Å². The van der Waals surface area contributed by atoms with Gasteiger partial charge >= 0.3 is 0 Å². The summed E-state index contributed by atoms with van der Waals surface area (Å²) in [6.07, 6.45) is 0.559. The normalized spacial score (nSPS) is 10.5. The molecule has 0 spiro atoms. The first-order chi connectivity index (χ1) is 10.3. The van der Waals surface area contributed by atoms with Gasteiger partial charge in [-0.25, -0.2) is 0 Å². The summed E-state index contributed by atoms with van der Waals surface area (Å²) in [4.78, 5) is 4.31. The minimum atomic E-state index is 0.282. The van der Waals surface area contributed by atoms with Gasteiger partial charge in [-0.3, -0.25) is 0 Å². The fraction of sp³-hybridized carbons (Fsp3) is 0.125. The van der Waals surface area contributed by atoms with Crippen LogP contribution in [-0.4, -0.2) is 10.1 Å². The van der Waals surface area contributed by atoms with Crippen LogP contribution in [0.2, 0.25) is 0 Å². The maximum atomic E-state index is 5.74. The van der Waals surface area contributed by atoms with Gasteiger partial charge in [-0.2, -0.15) is 4.98 Å². The van der Waals surface area contributed by atoms with Crippen LogP contribution in [-0.2, 0) is 13.0 Å². The zero-order chi connectivity index (χ0) is 14.5. The minimum Gasteiger partial charge on any atom is -0.485 e. The van der Waals surface area contributed by atoms with Crippen molar-refractivity contribution in [3.8, 4) is 5.75 Å². The van der Waals surface area contributed by atoms with Crippen LogP contribution in [0, 0.1) is 0 Å². The molecular weight excluding hydrogens is 266 g/mol. The molecule has 0 fully saturated rings. The number of hydrogen-bond acceptors (Lipinski definition) is 5. The third-order valence-electron chi connectivity index (χ3n) is 2.93. The summed E-state index contributed by atoms with van der Waals surface area (Å²) in [6.45, 7) is 0.282. The quantitative estimate of drug-likeness (QED) is 0.728. The summed E-state index contributed by atoms with van der Waals surface area (Å²) < 4.78 is 10.8. The molecule has 3 rings (SSSR count). The first-order valence-electron chi connectivity index (χ1n) is 6.63. The number of aromatic nitrogens is 2. The molecule has 2 N–H and O–H groups in total. The second-order valence-corrected chi connectivity index (χ2v) is 4.63. The van der Waals surface area contributed by atoms with Crippen LogP contribution in [0.15, 0.2) is 59.1 Å². The van der Waals surface area contributed by atoms with Crippen molar-refractivity contribution in [2.45, 2.75) is 13.0 Å². The number of benzene rings is 2. The van der Waals surface area contributed by atoms with E-state index in [9.17, 15) is 0 Å². The lowest BCUT2D eigenvalue weighted by Crippen LogP contribution is -1.98. The van der Waals surface area contributed by atoms with E-state index in [1.165, 1.54) is 0 Å². The van der Waals surface area contributed by atoms with Crippen LogP contribution in [0.4, 0.5) is 5.69 Å². The van der Waals surface area contributed by atoms with Crippen molar-refractivity contribution in [1.82, 2.24) is 10.1 Å². The Hall–Kier alpha value is -2.82. The highest BCUT2D eigenvalue weighted by molar-refractivity contribution is 5.41. The van der Waals surface area contributed by atoms with Crippen LogP contribution in [0.25, 0.3) is 0 Å². The van der Waals surface area contributed by atoms with Crippen LogP contribution in [0.1, 0.15) is 17.3 Å². The number of hydrogen-bond donors (Lipinski definition) is 1. The Morgan fingerprint density at radius 2 is 1.90 bits per heavy atom. The lowest BCUT2D eigenvalue weighted by Gasteiger charge is -2.01. The monoisotopic (exact) mass is 281 g/mol. The highest BCUT2D eigenvalue weighted by Crippen LogP contribution is 2.13. The topological polar surface area (TPSA) is 74.2 Å². The number of ether oxygens (including phenoxy) is 1. The number of anilines is 1. The second kappa shape index (κ2) is 6.09. The molecular formula is C16H15N3O2. The highest BCUT2D eigenvalue weighted by Gasteiger charge is 2.08. The molecule has 21 heavy (non-hydrogen) atoms. The van der Waals surface area contributed by atoms with E-state index >= 15 is 0 Å². The van der Waals surface area contributed by atoms with Gasteiger partial charge in [0.1, 0.15) is 5.75 Å². The number of nitrogens with zero attached hydrogens (tertiary/aromatic N) is 2. The van der Waals surface area contributed by atoms with E-state index in [0.29, 0.717) is 18.1 Å². The summed E-state index contributed by atoms with van der Waals surface area (Å²) in [5, 5.41) is 3.91. The van der Waals surface area contributed by atoms with Gasteiger partial charge in [0.15, 0.2) is 6.61 Å². The minimum absolute atomic E-state index is 0.282. The molecule has 0 atom stereocenters. The Labute approximate surface area is 122 Å². The summed E-state index contributed by atoms with van der Waals surface area (Å²) in [5.41, 5.74) is 7.50. The molecule has 0 aliphatic rings. The molecule has 1 aromatic heterocycles. The first-order valence-corrected chi connectivity index (χ1v) is 6.63. The van der Waals surface area contributed by atoms with Gasteiger partial charge in [0.05, 0.1) is 6.42 Å².